The summed E-state index contributed by atoms with van der Waals surface area (Å²) in [6, 6.07) is -0.334. The third kappa shape index (κ3) is 6.68. The smallest absolute Gasteiger partial charge is 0.380 e. The van der Waals surface area contributed by atoms with Crippen molar-refractivity contribution in [3.05, 3.63) is 0 Å². The lowest BCUT2D eigenvalue weighted by Crippen LogP contribution is -2.54. The van der Waals surface area contributed by atoms with Crippen LogP contribution in [0.2, 0.25) is 0 Å². The highest BCUT2D eigenvalue weighted by molar-refractivity contribution is 6.21. The van der Waals surface area contributed by atoms with E-state index in [9.17, 15) is 22.4 Å². The first-order valence-electron chi connectivity index (χ1n) is 11.2. The van der Waals surface area contributed by atoms with Gasteiger partial charge in [-0.3, -0.25) is 20.5 Å². The molecule has 0 aromatic carbocycles. The minimum atomic E-state index is -4.20. The Hall–Kier alpha value is -1.17. The van der Waals surface area contributed by atoms with Gasteiger partial charge in [0.25, 0.3) is 0 Å². The first kappa shape index (κ1) is 25.5. The highest BCUT2D eigenvalue weighted by Gasteiger charge is 2.48. The molecule has 1 saturated heterocycles. The van der Waals surface area contributed by atoms with Gasteiger partial charge in [0.1, 0.15) is 6.17 Å². The summed E-state index contributed by atoms with van der Waals surface area (Å²) in [5.74, 6) is -2.06. The molecule has 0 bridgehead atoms. The van der Waals surface area contributed by atoms with Crippen molar-refractivity contribution >= 4 is 23.5 Å². The Bertz CT molecular complexity index is 668. The zero-order valence-corrected chi connectivity index (χ0v) is 18.8. The van der Waals surface area contributed by atoms with E-state index in [1.165, 1.54) is 0 Å². The number of halogens is 5. The summed E-state index contributed by atoms with van der Waals surface area (Å²) >= 11 is 5.92. The predicted octanol–water partition coefficient (Wildman–Crippen LogP) is 2.61. The second kappa shape index (κ2) is 11.3. The summed E-state index contributed by atoms with van der Waals surface area (Å²) in [7, 11) is 0. The molecule has 0 radical (unpaired) electrons. The molecule has 32 heavy (non-hydrogen) atoms. The van der Waals surface area contributed by atoms with Crippen molar-refractivity contribution in [2.45, 2.75) is 75.4 Å². The molecule has 3 rings (SSSR count). The quantitative estimate of drug-likeness (QED) is 0.153. The van der Waals surface area contributed by atoms with Gasteiger partial charge in [-0.1, -0.05) is 0 Å². The monoisotopic (exact) mass is 485 g/mol. The van der Waals surface area contributed by atoms with Gasteiger partial charge in [-0.2, -0.15) is 13.2 Å². The highest BCUT2D eigenvalue weighted by atomic mass is 35.5. The third-order valence-corrected chi connectivity index (χ3v) is 7.02. The molecule has 184 valence electrons. The first-order chi connectivity index (χ1) is 15.2. The SMILES string of the molecule is CCOCCN=C(NC(=O)C1CCC(Cl)C(F)C1)NC1NNC2CC(C(F)(F)F)CCC21. The maximum Gasteiger partial charge on any atom is 0.391 e. The fraction of sp³-hybridized carbons (Fsp3) is 0.900. The normalized spacial score (nSPS) is 35.9. The second-order valence-corrected chi connectivity index (χ2v) is 9.25. The Labute approximate surface area is 190 Å². The van der Waals surface area contributed by atoms with Gasteiger partial charge >= 0.3 is 6.18 Å². The second-order valence-electron chi connectivity index (χ2n) is 8.69. The molecule has 7 unspecified atom stereocenters. The molecule has 3 fully saturated rings. The lowest BCUT2D eigenvalue weighted by Gasteiger charge is -2.34. The van der Waals surface area contributed by atoms with Crippen LogP contribution in [0.15, 0.2) is 4.99 Å². The topological polar surface area (TPSA) is 86.8 Å². The van der Waals surface area contributed by atoms with Crippen LogP contribution in [0.5, 0.6) is 0 Å². The van der Waals surface area contributed by atoms with Crippen LogP contribution < -0.4 is 21.5 Å². The van der Waals surface area contributed by atoms with Crippen LogP contribution in [-0.4, -0.2) is 61.6 Å². The van der Waals surface area contributed by atoms with Gasteiger partial charge < -0.3 is 10.1 Å². The maximum absolute atomic E-state index is 14.0. The molecule has 4 N–H and O–H groups in total. The third-order valence-electron chi connectivity index (χ3n) is 6.53. The molecule has 1 amide bonds. The average molecular weight is 486 g/mol. The standard InChI is InChI=1S/C20H32ClF4N5O2/c1-2-32-8-7-26-19(28-18(31)11-3-6-14(21)15(22)9-11)27-17-13-5-4-12(20(23,24)25)10-16(13)29-30-17/h11-17,29-30H,2-10H2,1H3,(H2,26,27,28,31). The molecule has 0 aromatic rings. The summed E-state index contributed by atoms with van der Waals surface area (Å²) < 4.78 is 58.6. The molecule has 0 aromatic heterocycles. The molecule has 0 spiro atoms. The average Bonchev–Trinajstić information content (AvgIpc) is 3.14. The van der Waals surface area contributed by atoms with Gasteiger partial charge in [0.15, 0.2) is 5.96 Å². The minimum Gasteiger partial charge on any atom is -0.380 e. The van der Waals surface area contributed by atoms with Gasteiger partial charge in [0.05, 0.1) is 30.6 Å². The van der Waals surface area contributed by atoms with E-state index in [0.29, 0.717) is 39.0 Å². The van der Waals surface area contributed by atoms with Gasteiger partial charge in [0.2, 0.25) is 5.91 Å². The Balaban J connectivity index is 1.60. The fourth-order valence-corrected chi connectivity index (χ4v) is 4.90. The van der Waals surface area contributed by atoms with Gasteiger partial charge in [-0.05, 0) is 45.4 Å². The van der Waals surface area contributed by atoms with Crippen LogP contribution in [0.1, 0.15) is 45.4 Å². The maximum atomic E-state index is 14.0. The summed E-state index contributed by atoms with van der Waals surface area (Å²) in [5.41, 5.74) is 5.95. The van der Waals surface area contributed by atoms with Crippen LogP contribution in [0.25, 0.3) is 0 Å². The number of nitrogens with one attached hydrogen (secondary N) is 4. The van der Waals surface area contributed by atoms with E-state index in [2.05, 4.69) is 26.5 Å². The first-order valence-corrected chi connectivity index (χ1v) is 11.7. The number of nitrogens with zero attached hydrogens (tertiary/aromatic N) is 1. The van der Waals surface area contributed by atoms with Crippen LogP contribution >= 0.6 is 11.6 Å². The summed E-state index contributed by atoms with van der Waals surface area (Å²) in [4.78, 5) is 17.1. The van der Waals surface area contributed by atoms with Crippen LogP contribution in [0.3, 0.4) is 0 Å². The number of guanidine groups is 1. The van der Waals surface area contributed by atoms with E-state index in [0.717, 1.165) is 0 Å². The molecular formula is C20H32ClF4N5O2. The van der Waals surface area contributed by atoms with E-state index in [1.54, 1.807) is 0 Å². The van der Waals surface area contributed by atoms with E-state index in [-0.39, 0.29) is 43.1 Å². The number of rotatable bonds is 6. The van der Waals surface area contributed by atoms with E-state index in [1.807, 2.05) is 6.92 Å². The number of alkyl halides is 5. The number of ether oxygens (including phenoxy) is 1. The van der Waals surface area contributed by atoms with Crippen molar-refractivity contribution in [3.8, 4) is 0 Å². The zero-order valence-electron chi connectivity index (χ0n) is 18.1. The Morgan fingerprint density at radius 1 is 1.19 bits per heavy atom. The molecule has 12 heteroatoms. The van der Waals surface area contributed by atoms with Crippen molar-refractivity contribution in [2.75, 3.05) is 19.8 Å². The molecule has 1 heterocycles. The molecular weight excluding hydrogens is 454 g/mol. The lowest BCUT2D eigenvalue weighted by molar-refractivity contribution is -0.185. The largest absolute Gasteiger partial charge is 0.391 e. The molecule has 7 nitrogen and oxygen atoms in total. The number of hydrazine groups is 1. The zero-order chi connectivity index (χ0) is 23.3. The van der Waals surface area contributed by atoms with E-state index >= 15 is 0 Å². The Morgan fingerprint density at radius 2 is 1.97 bits per heavy atom. The summed E-state index contributed by atoms with van der Waals surface area (Å²) in [6.45, 7) is 3.04. The fourth-order valence-electron chi connectivity index (χ4n) is 4.67. The molecule has 2 aliphatic carbocycles. The molecule has 7 atom stereocenters. The number of hydrogen-bond donors (Lipinski definition) is 4. The van der Waals surface area contributed by atoms with Crippen molar-refractivity contribution in [1.82, 2.24) is 21.5 Å². The van der Waals surface area contributed by atoms with Crippen molar-refractivity contribution in [2.24, 2.45) is 22.7 Å². The molecule has 1 aliphatic heterocycles. The predicted molar refractivity (Wildman–Crippen MR) is 113 cm³/mol. The highest BCUT2D eigenvalue weighted by Crippen LogP contribution is 2.41. The minimum absolute atomic E-state index is 0.00206. The van der Waals surface area contributed by atoms with E-state index in [4.69, 9.17) is 16.3 Å². The number of carbonyl (C=O) groups is 1. The number of amides is 1. The Morgan fingerprint density at radius 3 is 2.66 bits per heavy atom. The van der Waals surface area contributed by atoms with Crippen molar-refractivity contribution in [1.29, 1.82) is 0 Å². The van der Waals surface area contributed by atoms with Gasteiger partial charge in [-0.15, -0.1) is 11.6 Å². The molecule has 2 saturated carbocycles. The van der Waals surface area contributed by atoms with Crippen molar-refractivity contribution < 1.29 is 27.1 Å². The Kier molecular flexibility index (Phi) is 8.99. The number of aliphatic imine (C=N–C) groups is 1. The number of hydrogen-bond acceptors (Lipinski definition) is 5. The van der Waals surface area contributed by atoms with Gasteiger partial charge in [-0.25, -0.2) is 9.82 Å². The van der Waals surface area contributed by atoms with Crippen LogP contribution in [0, 0.1) is 17.8 Å². The van der Waals surface area contributed by atoms with Crippen LogP contribution in [-0.2, 0) is 9.53 Å². The van der Waals surface area contributed by atoms with E-state index < -0.39 is 35.7 Å². The van der Waals surface area contributed by atoms with Crippen LogP contribution in [0.4, 0.5) is 17.6 Å². The summed E-state index contributed by atoms with van der Waals surface area (Å²) in [5, 5.41) is 5.29. The molecule has 3 aliphatic rings. The summed E-state index contributed by atoms with van der Waals surface area (Å²) in [6.07, 6.45) is -4.42. The van der Waals surface area contributed by atoms with Crippen molar-refractivity contribution in [3.63, 3.8) is 0 Å². The van der Waals surface area contributed by atoms with Gasteiger partial charge in [0, 0.05) is 24.5 Å². The number of carbonyl (C=O) groups excluding carboxylic acids is 1. The lowest BCUT2D eigenvalue weighted by atomic mass is 9.78. The number of fused-ring (bicyclic) bond motifs is 1.